The van der Waals surface area contributed by atoms with Crippen LogP contribution in [0, 0.1) is 26.1 Å². The number of nitrogens with zero attached hydrogens (tertiary/aromatic N) is 2. The molecule has 0 bridgehead atoms. The molecule has 2 aromatic carbocycles. The summed E-state index contributed by atoms with van der Waals surface area (Å²) in [6, 6.07) is 7.45. The van der Waals surface area contributed by atoms with Crippen LogP contribution < -0.4 is 10.1 Å². The molecule has 1 aliphatic carbocycles. The van der Waals surface area contributed by atoms with Crippen LogP contribution in [-0.2, 0) is 0 Å². The Balaban J connectivity index is 1.87. The number of nitrogens with one attached hydrogen (secondary N) is 1. The van der Waals surface area contributed by atoms with E-state index in [4.69, 9.17) is 16.3 Å². The molecule has 144 valence electrons. The minimum absolute atomic E-state index is 0.0147. The molecule has 0 saturated heterocycles. The van der Waals surface area contributed by atoms with Crippen LogP contribution in [0.5, 0.6) is 5.75 Å². The van der Waals surface area contributed by atoms with Crippen molar-refractivity contribution in [3.8, 4) is 5.75 Å². The Labute approximate surface area is 165 Å². The van der Waals surface area contributed by atoms with Crippen molar-refractivity contribution < 1.29 is 14.6 Å². The molecular formula is C19H16ClN3O5. The Morgan fingerprint density at radius 3 is 2.57 bits per heavy atom. The van der Waals surface area contributed by atoms with E-state index in [0.717, 1.165) is 0 Å². The first-order chi connectivity index (χ1) is 13.4. The number of hydrogen-bond donors (Lipinski definition) is 1. The van der Waals surface area contributed by atoms with Gasteiger partial charge in [-0.2, -0.15) is 0 Å². The standard InChI is InChI=1S/C19H16ClN3O5/c1-28-16-8-7-14(22(24)25)17-11-3-2-4-12(11)18(21-19(16)17)10-5-6-13(20)15(9-10)23(26)27/h2-3,5-9,11-12,18,21H,4H2,1H3/t11-,12-,18-/m1/s1. The minimum Gasteiger partial charge on any atom is -0.495 e. The van der Waals surface area contributed by atoms with E-state index in [1.165, 1.54) is 25.3 Å². The van der Waals surface area contributed by atoms with E-state index >= 15 is 0 Å². The number of methoxy groups -OCH3 is 1. The molecule has 0 unspecified atom stereocenters. The zero-order valence-corrected chi connectivity index (χ0v) is 15.6. The maximum Gasteiger partial charge on any atom is 0.288 e. The summed E-state index contributed by atoms with van der Waals surface area (Å²) in [6.07, 6.45) is 4.66. The highest BCUT2D eigenvalue weighted by Gasteiger charge is 2.43. The fourth-order valence-corrected chi connectivity index (χ4v) is 4.37. The van der Waals surface area contributed by atoms with Gasteiger partial charge in [-0.25, -0.2) is 0 Å². The highest BCUT2D eigenvalue weighted by Crippen LogP contribution is 2.55. The van der Waals surface area contributed by atoms with Crippen LogP contribution in [0.4, 0.5) is 17.1 Å². The lowest BCUT2D eigenvalue weighted by atomic mass is 9.76. The van der Waals surface area contributed by atoms with Gasteiger partial charge >= 0.3 is 0 Å². The number of hydrogen-bond acceptors (Lipinski definition) is 6. The number of fused-ring (bicyclic) bond motifs is 3. The Morgan fingerprint density at radius 1 is 1.14 bits per heavy atom. The lowest BCUT2D eigenvalue weighted by molar-refractivity contribution is -0.385. The van der Waals surface area contributed by atoms with E-state index in [9.17, 15) is 20.2 Å². The third-order valence-electron chi connectivity index (χ3n) is 5.40. The Bertz CT molecular complexity index is 1020. The highest BCUT2D eigenvalue weighted by atomic mass is 35.5. The molecule has 1 heterocycles. The summed E-state index contributed by atoms with van der Waals surface area (Å²) in [4.78, 5) is 22.0. The summed E-state index contributed by atoms with van der Waals surface area (Å²) >= 11 is 5.96. The molecule has 0 amide bonds. The second-order valence-corrected chi connectivity index (χ2v) is 7.18. The van der Waals surface area contributed by atoms with E-state index in [2.05, 4.69) is 5.32 Å². The molecule has 1 N–H and O–H groups in total. The monoisotopic (exact) mass is 401 g/mol. The summed E-state index contributed by atoms with van der Waals surface area (Å²) in [5.74, 6) is 0.290. The van der Waals surface area contributed by atoms with Gasteiger partial charge in [0, 0.05) is 18.1 Å². The van der Waals surface area contributed by atoms with E-state index in [1.807, 2.05) is 12.2 Å². The molecule has 0 saturated carbocycles. The molecular weight excluding hydrogens is 386 g/mol. The summed E-state index contributed by atoms with van der Waals surface area (Å²) in [5, 5.41) is 26.3. The molecule has 2 aliphatic rings. The van der Waals surface area contributed by atoms with Crippen molar-refractivity contribution in [3.05, 3.63) is 78.9 Å². The van der Waals surface area contributed by atoms with E-state index in [1.54, 1.807) is 12.1 Å². The number of nitro groups is 2. The number of ether oxygens (including phenoxy) is 1. The molecule has 1 aliphatic heterocycles. The molecule has 2 aromatic rings. The van der Waals surface area contributed by atoms with E-state index in [0.29, 0.717) is 29.0 Å². The average molecular weight is 402 g/mol. The zero-order valence-electron chi connectivity index (χ0n) is 14.8. The summed E-state index contributed by atoms with van der Waals surface area (Å²) in [6.45, 7) is 0. The van der Waals surface area contributed by atoms with Gasteiger partial charge in [0.05, 0.1) is 34.2 Å². The van der Waals surface area contributed by atoms with Gasteiger partial charge in [-0.05, 0) is 30.0 Å². The van der Waals surface area contributed by atoms with Crippen molar-refractivity contribution in [2.45, 2.75) is 18.4 Å². The number of halogens is 1. The van der Waals surface area contributed by atoms with E-state index in [-0.39, 0.29) is 34.3 Å². The minimum atomic E-state index is -0.515. The summed E-state index contributed by atoms with van der Waals surface area (Å²) < 4.78 is 5.42. The lowest BCUT2D eigenvalue weighted by Gasteiger charge is -2.37. The molecule has 0 radical (unpaired) electrons. The summed E-state index contributed by atoms with van der Waals surface area (Å²) in [7, 11) is 1.50. The van der Waals surface area contributed by atoms with Gasteiger partial charge in [0.25, 0.3) is 11.4 Å². The topological polar surface area (TPSA) is 108 Å². The molecule has 28 heavy (non-hydrogen) atoms. The third-order valence-corrected chi connectivity index (χ3v) is 5.72. The van der Waals surface area contributed by atoms with Crippen molar-refractivity contribution >= 4 is 28.7 Å². The number of nitro benzene ring substituents is 2. The maximum atomic E-state index is 11.6. The van der Waals surface area contributed by atoms with Crippen LogP contribution in [-0.4, -0.2) is 17.0 Å². The molecule has 4 rings (SSSR count). The van der Waals surface area contributed by atoms with Crippen molar-refractivity contribution in [2.24, 2.45) is 5.92 Å². The first-order valence-electron chi connectivity index (χ1n) is 8.64. The molecule has 9 heteroatoms. The first kappa shape index (κ1) is 18.2. The van der Waals surface area contributed by atoms with Crippen molar-refractivity contribution in [1.82, 2.24) is 0 Å². The molecule has 0 spiro atoms. The number of rotatable bonds is 4. The molecule has 8 nitrogen and oxygen atoms in total. The van der Waals surface area contributed by atoms with Crippen molar-refractivity contribution in [3.63, 3.8) is 0 Å². The SMILES string of the molecule is COc1ccc([N+](=O)[O-])c2c1N[C@H](c1ccc(Cl)c([N+](=O)[O-])c1)[C@@H]1CC=C[C@@H]21. The average Bonchev–Trinajstić information content (AvgIpc) is 3.16. The second kappa shape index (κ2) is 6.79. The fourth-order valence-electron chi connectivity index (χ4n) is 4.19. The first-order valence-corrected chi connectivity index (χ1v) is 9.02. The number of benzene rings is 2. The Morgan fingerprint density at radius 2 is 1.89 bits per heavy atom. The van der Waals surface area contributed by atoms with Gasteiger partial charge in [-0.15, -0.1) is 0 Å². The Hall–Kier alpha value is -3.13. The van der Waals surface area contributed by atoms with Crippen LogP contribution in [0.2, 0.25) is 5.02 Å². The predicted octanol–water partition coefficient (Wildman–Crippen LogP) is 4.99. The van der Waals surface area contributed by atoms with Crippen LogP contribution in [0.1, 0.15) is 29.5 Å². The van der Waals surface area contributed by atoms with Gasteiger partial charge in [0.2, 0.25) is 0 Å². The van der Waals surface area contributed by atoms with Gasteiger partial charge in [0.1, 0.15) is 10.8 Å². The number of anilines is 1. The fraction of sp³-hybridized carbons (Fsp3) is 0.263. The maximum absolute atomic E-state index is 11.6. The zero-order chi connectivity index (χ0) is 20.0. The molecule has 0 fully saturated rings. The summed E-state index contributed by atoms with van der Waals surface area (Å²) in [5.41, 5.74) is 1.70. The van der Waals surface area contributed by atoms with Gasteiger partial charge < -0.3 is 10.1 Å². The van der Waals surface area contributed by atoms with Crippen LogP contribution in [0.3, 0.4) is 0 Å². The van der Waals surface area contributed by atoms with Gasteiger partial charge in [-0.3, -0.25) is 20.2 Å². The lowest BCUT2D eigenvalue weighted by Crippen LogP contribution is -2.30. The van der Waals surface area contributed by atoms with Crippen molar-refractivity contribution in [2.75, 3.05) is 12.4 Å². The van der Waals surface area contributed by atoms with Crippen LogP contribution in [0.15, 0.2) is 42.5 Å². The Kier molecular flexibility index (Phi) is 4.43. The van der Waals surface area contributed by atoms with Gasteiger partial charge in [-0.1, -0.05) is 29.8 Å². The van der Waals surface area contributed by atoms with E-state index < -0.39 is 9.85 Å². The van der Waals surface area contributed by atoms with Crippen LogP contribution in [0.25, 0.3) is 0 Å². The molecule has 3 atom stereocenters. The predicted molar refractivity (Wildman–Crippen MR) is 104 cm³/mol. The third kappa shape index (κ3) is 2.77. The van der Waals surface area contributed by atoms with Crippen LogP contribution >= 0.6 is 11.6 Å². The molecule has 0 aromatic heterocycles. The quantitative estimate of drug-likeness (QED) is 0.439. The normalized spacial score (nSPS) is 22.1. The number of allylic oxidation sites excluding steroid dienone is 2. The van der Waals surface area contributed by atoms with Crippen molar-refractivity contribution in [1.29, 1.82) is 0 Å². The second-order valence-electron chi connectivity index (χ2n) is 6.78. The largest absolute Gasteiger partial charge is 0.495 e. The smallest absolute Gasteiger partial charge is 0.288 e. The highest BCUT2D eigenvalue weighted by molar-refractivity contribution is 6.32. The van der Waals surface area contributed by atoms with Gasteiger partial charge in [0.15, 0.2) is 0 Å².